The van der Waals surface area contributed by atoms with Crippen LogP contribution in [-0.2, 0) is 55.1 Å². The second-order valence-electron chi connectivity index (χ2n) is 36.1. The summed E-state index contributed by atoms with van der Waals surface area (Å²) < 4.78 is 173. The molecule has 0 N–H and O–H groups in total. The van der Waals surface area contributed by atoms with E-state index in [4.69, 9.17) is 4.74 Å². The van der Waals surface area contributed by atoms with Crippen LogP contribution < -0.4 is 0 Å². The summed E-state index contributed by atoms with van der Waals surface area (Å²) in [6, 6.07) is 23.4. The van der Waals surface area contributed by atoms with Crippen molar-refractivity contribution in [2.24, 2.45) is 47.3 Å². The number of carbonyl (C=O) groups excluding carboxylic acids is 4. The first-order chi connectivity index (χ1) is 62.7. The Balaban J connectivity index is 0.000000122. The number of alkyl halides is 12. The van der Waals surface area contributed by atoms with Crippen LogP contribution in [0.2, 0.25) is 0 Å². The third kappa shape index (κ3) is 19.7. The normalized spacial score (nSPS) is 22.8. The van der Waals surface area contributed by atoms with Crippen LogP contribution >= 0.6 is 0 Å². The molecule has 4 saturated carbocycles. The number of carbonyl (C=O) groups is 4. The number of allylic oxidation sites excluding steroid dienone is 1. The third-order valence-electron chi connectivity index (χ3n) is 27.1. The molecule has 12 aromatic rings. The van der Waals surface area contributed by atoms with Gasteiger partial charge >= 0.3 is 24.7 Å². The molecule has 4 amide bonds. The van der Waals surface area contributed by atoms with Gasteiger partial charge in [-0.3, -0.25) is 19.2 Å². The molecule has 131 heavy (non-hydrogen) atoms. The van der Waals surface area contributed by atoms with Gasteiger partial charge < -0.3 is 24.3 Å². The predicted molar refractivity (Wildman–Crippen MR) is 455 cm³/mol. The number of halogens is 12. The molecule has 0 radical (unpaired) electrons. The van der Waals surface area contributed by atoms with Crippen LogP contribution in [0, 0.1) is 47.3 Å². The van der Waals surface area contributed by atoms with Gasteiger partial charge in [0.25, 0.3) is 46.7 Å². The van der Waals surface area contributed by atoms with Gasteiger partial charge in [-0.05, 0) is 217 Å². The zero-order valence-electron chi connectivity index (χ0n) is 72.5. The lowest BCUT2D eigenvalue weighted by Gasteiger charge is -2.21. The first kappa shape index (κ1) is 90.6. The maximum atomic E-state index is 13.5. The lowest BCUT2D eigenvalue weighted by molar-refractivity contribution is -0.139. The topological polar surface area (TPSA) is 263 Å². The predicted octanol–water partition coefficient (Wildman–Crippen LogP) is 17.6. The summed E-state index contributed by atoms with van der Waals surface area (Å²) in [6.45, 7) is 16.3. The van der Waals surface area contributed by atoms with Gasteiger partial charge in [-0.2, -0.15) is 72.6 Å². The maximum absolute atomic E-state index is 13.5. The van der Waals surface area contributed by atoms with E-state index in [-0.39, 0.29) is 118 Å². The Kier molecular flexibility index (Phi) is 25.7. The van der Waals surface area contributed by atoms with E-state index in [0.717, 1.165) is 85.0 Å². The lowest BCUT2D eigenvalue weighted by atomic mass is 9.91. The molecule has 4 saturated heterocycles. The number of likely N-dealkylation sites (tertiary alicyclic amines) is 4. The molecule has 8 fully saturated rings. The maximum Gasteiger partial charge on any atom is 0.416 e. The molecule has 4 aliphatic heterocycles. The molecule has 20 rings (SSSR count). The molecule has 688 valence electrons. The largest absolute Gasteiger partial charge is 0.499 e. The molecule has 12 atom stereocenters. The summed E-state index contributed by atoms with van der Waals surface area (Å²) in [5.74, 6) is 2.50. The van der Waals surface area contributed by atoms with Crippen molar-refractivity contribution in [2.45, 2.75) is 172 Å². The van der Waals surface area contributed by atoms with Gasteiger partial charge in [-0.15, -0.1) is 20.4 Å². The van der Waals surface area contributed by atoms with Crippen LogP contribution in [0.5, 0.6) is 0 Å². The van der Waals surface area contributed by atoms with Crippen LogP contribution in [0.4, 0.5) is 52.7 Å². The van der Waals surface area contributed by atoms with Crippen molar-refractivity contribution in [1.82, 2.24) is 97.9 Å². The van der Waals surface area contributed by atoms with E-state index in [1.54, 1.807) is 120 Å². The highest BCUT2D eigenvalue weighted by atomic mass is 19.4. The molecular formula is C94H98F12N20O5. The number of hydrogen-bond acceptors (Lipinski definition) is 17. The highest BCUT2D eigenvalue weighted by molar-refractivity contribution is 5.93. The van der Waals surface area contributed by atoms with Crippen molar-refractivity contribution in [2.75, 3.05) is 59.0 Å². The minimum Gasteiger partial charge on any atom is -0.499 e. The van der Waals surface area contributed by atoms with E-state index < -0.39 is 47.0 Å². The van der Waals surface area contributed by atoms with Gasteiger partial charge in [-0.25, -0.2) is 38.0 Å². The Morgan fingerprint density at radius 1 is 0.336 bits per heavy atom. The van der Waals surface area contributed by atoms with Gasteiger partial charge in [0.1, 0.15) is 0 Å². The van der Waals surface area contributed by atoms with Gasteiger partial charge in [0.05, 0.1) is 34.6 Å². The summed E-state index contributed by atoms with van der Waals surface area (Å²) in [6.07, 6.45) is 8.22. The van der Waals surface area contributed by atoms with Gasteiger partial charge in [0, 0.05) is 108 Å². The zero-order valence-corrected chi connectivity index (χ0v) is 72.5. The molecule has 8 aromatic heterocycles. The van der Waals surface area contributed by atoms with Crippen LogP contribution in [0.25, 0.3) is 23.1 Å². The Hall–Kier alpha value is -12.3. The van der Waals surface area contributed by atoms with E-state index in [1.165, 1.54) is 28.8 Å². The summed E-state index contributed by atoms with van der Waals surface area (Å²) in [7, 11) is 0. The second-order valence-corrected chi connectivity index (χ2v) is 36.1. The fourth-order valence-corrected chi connectivity index (χ4v) is 21.3. The van der Waals surface area contributed by atoms with Crippen LogP contribution in [-0.4, -0.2) is 181 Å². The van der Waals surface area contributed by atoms with Crippen molar-refractivity contribution in [3.05, 3.63) is 249 Å². The zero-order chi connectivity index (χ0) is 92.1. The van der Waals surface area contributed by atoms with Gasteiger partial charge in [-0.1, -0.05) is 119 Å². The molecule has 4 aromatic carbocycles. The van der Waals surface area contributed by atoms with Crippen molar-refractivity contribution in [1.29, 1.82) is 0 Å². The summed E-state index contributed by atoms with van der Waals surface area (Å²) in [5.41, 5.74) is 3.32. The average molecular weight is 1820 g/mol. The molecule has 0 spiro atoms. The quantitative estimate of drug-likeness (QED) is 0.0571. The van der Waals surface area contributed by atoms with Crippen LogP contribution in [0.3, 0.4) is 0 Å². The highest BCUT2D eigenvalue weighted by Gasteiger charge is 2.51. The number of ether oxygens (including phenoxy) is 1. The first-order valence-electron chi connectivity index (χ1n) is 44.6. The molecule has 8 aliphatic rings. The van der Waals surface area contributed by atoms with Crippen molar-refractivity contribution in [3.63, 3.8) is 0 Å². The van der Waals surface area contributed by atoms with E-state index in [2.05, 4.69) is 87.6 Å². The van der Waals surface area contributed by atoms with Crippen molar-refractivity contribution < 1.29 is 76.6 Å². The monoisotopic (exact) mass is 1810 g/mol. The Labute approximate surface area is 745 Å². The number of nitrogens with zero attached hydrogens (tertiary/aromatic N) is 20. The third-order valence-corrected chi connectivity index (χ3v) is 27.1. The number of aryl methyl sites for hydroxylation is 3. The Morgan fingerprint density at radius 3 is 0.740 bits per heavy atom. The van der Waals surface area contributed by atoms with E-state index in [9.17, 15) is 71.9 Å². The van der Waals surface area contributed by atoms with Crippen LogP contribution in [0.1, 0.15) is 231 Å². The minimum atomic E-state index is -4.36. The number of rotatable bonds is 18. The number of benzene rings is 4. The average Bonchev–Trinajstić information content (AvgIpc) is 1.62. The Morgan fingerprint density at radius 2 is 0.542 bits per heavy atom. The second kappa shape index (κ2) is 37.1. The number of aromatic nitrogens is 16. The molecular weight excluding hydrogens is 1720 g/mol. The fraction of sp³-hybridized carbons (Fsp3) is 0.468. The highest BCUT2D eigenvalue weighted by Crippen LogP contribution is 2.54. The SMILES string of the molecule is C=C(C)OCCc1cnc2nc(C(=O)N3C[C@H]4CC(c5ccccc5C(F)(F)F)C[C@H]4C3)nn2c1.CCCc1cnc2nc(C(=O)N3C[C@H]4CC(c5ccccc5C(F)(F)F)C[C@H]4C3)nn2c1.CCCc1cnc2nc(C(=O)N3C[C@H]4CC(c5ccccc5C(F)(F)F)C[C@H]4C3)nn2c1.CCCc1cnc2nc(C(=O)N3C[C@H]4CC(c5ccccc5C(F)(F)F)C[C@H]4C3)nn2c1. The van der Waals surface area contributed by atoms with E-state index in [0.29, 0.717) is 168 Å². The Bertz CT molecular complexity index is 5740. The molecule has 12 heterocycles. The number of hydrogen-bond donors (Lipinski definition) is 0. The van der Waals surface area contributed by atoms with E-state index >= 15 is 0 Å². The molecule has 25 nitrogen and oxygen atoms in total. The van der Waals surface area contributed by atoms with Crippen molar-refractivity contribution in [3.8, 4) is 0 Å². The molecule has 0 bridgehead atoms. The minimum absolute atomic E-state index is 0.0757. The first-order valence-corrected chi connectivity index (χ1v) is 44.6. The fourth-order valence-electron chi connectivity index (χ4n) is 21.3. The number of amides is 4. The smallest absolute Gasteiger partial charge is 0.416 e. The number of fused-ring (bicyclic) bond motifs is 8. The van der Waals surface area contributed by atoms with Gasteiger partial charge in [0.15, 0.2) is 0 Å². The summed E-state index contributed by atoms with van der Waals surface area (Å²) in [4.78, 5) is 93.3. The summed E-state index contributed by atoms with van der Waals surface area (Å²) in [5, 5.41) is 17.3. The lowest BCUT2D eigenvalue weighted by Crippen LogP contribution is -2.30. The molecule has 4 aliphatic carbocycles. The summed E-state index contributed by atoms with van der Waals surface area (Å²) >= 11 is 0. The standard InChI is InChI=1S/C25H26F3N5O2.3C23H24F3N5O/c1-15(2)35-8-7-16-11-29-24-30-22(31-33(24)12-16)23(34)32-13-18-9-17(10-19(18)14-32)20-5-3-4-6-21(20)25(26,27)28;3*1-2-5-14-10-27-22-28-20(29-31(22)11-14)21(32)30-12-16-8-15(9-17(16)13-30)18-6-3-4-7-19(18)23(24,25)26/h3-6,11-12,17-19H,1,7-10,13-14H2,2H3;3*3-4,6-7,10-11,15-17H,2,5,8-9,12-13H2,1H3/t17?,18-,19+;3*15?,16-,17+. The van der Waals surface area contributed by atoms with Crippen LogP contribution in [0.15, 0.2) is 159 Å². The molecule has 37 heteroatoms. The van der Waals surface area contributed by atoms with Gasteiger partial charge in [0.2, 0.25) is 23.3 Å². The van der Waals surface area contributed by atoms with E-state index in [1.807, 2.05) is 18.6 Å². The molecule has 4 unspecified atom stereocenters. The van der Waals surface area contributed by atoms with Crippen molar-refractivity contribution >= 4 is 46.7 Å².